The molecule has 0 aromatic heterocycles. The van der Waals surface area contributed by atoms with Crippen LogP contribution in [0.3, 0.4) is 0 Å². The maximum absolute atomic E-state index is 13.6. The molecule has 2 amide bonds. The van der Waals surface area contributed by atoms with Crippen molar-refractivity contribution in [2.24, 2.45) is 16.5 Å². The summed E-state index contributed by atoms with van der Waals surface area (Å²) in [5, 5.41) is 5.35. The minimum atomic E-state index is -1.06. The van der Waals surface area contributed by atoms with Crippen LogP contribution in [0.5, 0.6) is 0 Å². The zero-order valence-corrected chi connectivity index (χ0v) is 25.0. The van der Waals surface area contributed by atoms with Crippen molar-refractivity contribution in [3.05, 3.63) is 107 Å². The highest BCUT2D eigenvalue weighted by molar-refractivity contribution is 5.96. The maximum Gasteiger partial charge on any atom is 0.408 e. The molecule has 0 aliphatic heterocycles. The summed E-state index contributed by atoms with van der Waals surface area (Å²) in [6.45, 7) is 3.24. The standard InChI is InChI=1S/C33H39N5O6/c1-22-11-9-12-23(2)29(22)31(41)43-21-28(39)26(17-10-18-36-32(34)35)37-30(40)27(19-24-13-5-3-6-14-24)38-33(42)44-20-25-15-7-4-8-16-25/h3-9,11-16,26-27H,10,17-21H2,1-2H3,(H,37,40)(H,38,42)(H4,34,35,36)/t26-,27-/m0/s1. The molecule has 0 aliphatic rings. The smallest absolute Gasteiger partial charge is 0.408 e. The van der Waals surface area contributed by atoms with Crippen molar-refractivity contribution in [3.8, 4) is 0 Å². The SMILES string of the molecule is Cc1cccc(C)c1C(=O)OCC(=O)[C@H](CCCN=C(N)N)NC(=O)[C@H](Cc1ccccc1)NC(=O)OCc1ccccc1. The van der Waals surface area contributed by atoms with Crippen LogP contribution in [0.25, 0.3) is 0 Å². The van der Waals surface area contributed by atoms with Crippen molar-refractivity contribution in [2.75, 3.05) is 13.2 Å². The zero-order chi connectivity index (χ0) is 31.9. The van der Waals surface area contributed by atoms with Gasteiger partial charge in [0.25, 0.3) is 0 Å². The number of nitrogens with one attached hydrogen (secondary N) is 2. The number of alkyl carbamates (subject to hydrolysis) is 1. The Hall–Kier alpha value is -5.19. The third-order valence-electron chi connectivity index (χ3n) is 6.79. The van der Waals surface area contributed by atoms with E-state index in [-0.39, 0.29) is 32.0 Å². The second-order valence-corrected chi connectivity index (χ2v) is 10.3. The average molecular weight is 602 g/mol. The molecule has 11 nitrogen and oxygen atoms in total. The molecule has 0 spiro atoms. The molecular formula is C33H39N5O6. The Morgan fingerprint density at radius 3 is 2.00 bits per heavy atom. The summed E-state index contributed by atoms with van der Waals surface area (Å²) < 4.78 is 10.7. The largest absolute Gasteiger partial charge is 0.454 e. The molecule has 11 heteroatoms. The number of nitrogens with zero attached hydrogens (tertiary/aromatic N) is 1. The number of hydrogen-bond donors (Lipinski definition) is 4. The van der Waals surface area contributed by atoms with Gasteiger partial charge < -0.3 is 31.6 Å². The van der Waals surface area contributed by atoms with Gasteiger partial charge in [-0.25, -0.2) is 9.59 Å². The van der Waals surface area contributed by atoms with Crippen molar-refractivity contribution in [2.45, 2.75) is 51.8 Å². The zero-order valence-electron chi connectivity index (χ0n) is 25.0. The van der Waals surface area contributed by atoms with Gasteiger partial charge in [0.1, 0.15) is 12.6 Å². The number of aryl methyl sites for hydroxylation is 2. The van der Waals surface area contributed by atoms with Crippen LogP contribution in [0.1, 0.15) is 45.5 Å². The lowest BCUT2D eigenvalue weighted by atomic mass is 10.0. The number of rotatable bonds is 15. The van der Waals surface area contributed by atoms with E-state index in [1.54, 1.807) is 26.0 Å². The second-order valence-electron chi connectivity index (χ2n) is 10.3. The molecule has 44 heavy (non-hydrogen) atoms. The fourth-order valence-electron chi connectivity index (χ4n) is 4.50. The molecule has 0 fully saturated rings. The average Bonchev–Trinajstić information content (AvgIpc) is 3.00. The Morgan fingerprint density at radius 2 is 1.39 bits per heavy atom. The van der Waals surface area contributed by atoms with E-state index in [9.17, 15) is 19.2 Å². The topological polar surface area (TPSA) is 175 Å². The molecule has 0 aliphatic carbocycles. The summed E-state index contributed by atoms with van der Waals surface area (Å²) >= 11 is 0. The molecule has 0 saturated carbocycles. The summed E-state index contributed by atoms with van der Waals surface area (Å²) in [4.78, 5) is 56.3. The van der Waals surface area contributed by atoms with Gasteiger partial charge in [0, 0.05) is 13.0 Å². The van der Waals surface area contributed by atoms with Crippen LogP contribution < -0.4 is 22.1 Å². The molecule has 6 N–H and O–H groups in total. The van der Waals surface area contributed by atoms with Crippen molar-refractivity contribution < 1.29 is 28.7 Å². The van der Waals surface area contributed by atoms with E-state index in [2.05, 4.69) is 15.6 Å². The van der Waals surface area contributed by atoms with E-state index in [0.29, 0.717) is 12.0 Å². The number of ketones is 1. The van der Waals surface area contributed by atoms with Gasteiger partial charge in [-0.2, -0.15) is 0 Å². The lowest BCUT2D eigenvalue weighted by molar-refractivity contribution is -0.130. The molecule has 232 valence electrons. The Kier molecular flexibility index (Phi) is 12.9. The van der Waals surface area contributed by atoms with Crippen molar-refractivity contribution >= 4 is 29.7 Å². The van der Waals surface area contributed by atoms with Crippen LogP contribution in [-0.2, 0) is 32.1 Å². The molecule has 0 unspecified atom stereocenters. The Morgan fingerprint density at radius 1 is 0.773 bits per heavy atom. The molecule has 0 radical (unpaired) electrons. The summed E-state index contributed by atoms with van der Waals surface area (Å²) in [5.41, 5.74) is 14.2. The van der Waals surface area contributed by atoms with Crippen LogP contribution in [0.2, 0.25) is 0 Å². The number of Topliss-reactive ketones (excluding diaryl/α,β-unsaturated/α-hetero) is 1. The van der Waals surface area contributed by atoms with E-state index in [1.807, 2.05) is 66.7 Å². The van der Waals surface area contributed by atoms with Crippen LogP contribution in [0, 0.1) is 13.8 Å². The molecule has 0 heterocycles. The molecular weight excluding hydrogens is 562 g/mol. The summed E-state index contributed by atoms with van der Waals surface area (Å²) in [6.07, 6.45) is -0.124. The van der Waals surface area contributed by atoms with Crippen molar-refractivity contribution in [1.82, 2.24) is 10.6 Å². The summed E-state index contributed by atoms with van der Waals surface area (Å²) in [5.74, 6) is -1.86. The third-order valence-corrected chi connectivity index (χ3v) is 6.79. The van der Waals surface area contributed by atoms with Crippen LogP contribution in [-0.4, -0.2) is 54.9 Å². The van der Waals surface area contributed by atoms with E-state index in [4.69, 9.17) is 20.9 Å². The Balaban J connectivity index is 1.72. The highest BCUT2D eigenvalue weighted by Gasteiger charge is 2.28. The molecule has 3 rings (SSSR count). The third kappa shape index (κ3) is 10.9. The first-order chi connectivity index (χ1) is 21.1. The number of ether oxygens (including phenoxy) is 2. The van der Waals surface area contributed by atoms with E-state index in [0.717, 1.165) is 22.3 Å². The van der Waals surface area contributed by atoms with Gasteiger partial charge in [0.2, 0.25) is 5.91 Å². The number of carbonyl (C=O) groups is 4. The van der Waals surface area contributed by atoms with Gasteiger partial charge in [-0.3, -0.25) is 14.6 Å². The fourth-order valence-corrected chi connectivity index (χ4v) is 4.50. The van der Waals surface area contributed by atoms with Gasteiger partial charge in [0.05, 0.1) is 11.6 Å². The number of esters is 1. The number of nitrogens with two attached hydrogens (primary N) is 2. The maximum atomic E-state index is 13.6. The monoisotopic (exact) mass is 601 g/mol. The number of amides is 2. The van der Waals surface area contributed by atoms with Crippen LogP contribution in [0.15, 0.2) is 83.9 Å². The molecule has 3 aromatic rings. The van der Waals surface area contributed by atoms with Gasteiger partial charge >= 0.3 is 12.1 Å². The van der Waals surface area contributed by atoms with Gasteiger partial charge in [-0.1, -0.05) is 78.9 Å². The normalized spacial score (nSPS) is 11.9. The highest BCUT2D eigenvalue weighted by Crippen LogP contribution is 2.15. The highest BCUT2D eigenvalue weighted by atomic mass is 16.5. The molecule has 0 bridgehead atoms. The molecule has 3 aromatic carbocycles. The molecule has 2 atom stereocenters. The first kappa shape index (κ1) is 33.3. The van der Waals surface area contributed by atoms with Gasteiger partial charge in [0.15, 0.2) is 18.3 Å². The lowest BCUT2D eigenvalue weighted by Gasteiger charge is -2.23. The van der Waals surface area contributed by atoms with Gasteiger partial charge in [-0.15, -0.1) is 0 Å². The summed E-state index contributed by atoms with van der Waals surface area (Å²) in [6, 6.07) is 21.5. The number of hydrogen-bond acceptors (Lipinski definition) is 7. The second kappa shape index (κ2) is 17.1. The predicted molar refractivity (Wildman–Crippen MR) is 167 cm³/mol. The quantitative estimate of drug-likeness (QED) is 0.0889. The fraction of sp³-hybridized carbons (Fsp3) is 0.303. The minimum Gasteiger partial charge on any atom is -0.454 e. The minimum absolute atomic E-state index is 0.0178. The van der Waals surface area contributed by atoms with Crippen molar-refractivity contribution in [1.29, 1.82) is 0 Å². The Bertz CT molecular complexity index is 1420. The number of benzene rings is 3. The van der Waals surface area contributed by atoms with E-state index >= 15 is 0 Å². The van der Waals surface area contributed by atoms with E-state index < -0.39 is 42.4 Å². The Labute approximate surface area is 257 Å². The summed E-state index contributed by atoms with van der Waals surface area (Å²) in [7, 11) is 0. The van der Waals surface area contributed by atoms with Crippen LogP contribution >= 0.6 is 0 Å². The van der Waals surface area contributed by atoms with Crippen molar-refractivity contribution in [3.63, 3.8) is 0 Å². The first-order valence-corrected chi connectivity index (χ1v) is 14.3. The number of carbonyl (C=O) groups excluding carboxylic acids is 4. The molecule has 0 saturated heterocycles. The van der Waals surface area contributed by atoms with E-state index in [1.165, 1.54) is 0 Å². The first-order valence-electron chi connectivity index (χ1n) is 14.3. The van der Waals surface area contributed by atoms with Gasteiger partial charge in [-0.05, 0) is 48.9 Å². The number of aliphatic imine (C=N–C) groups is 1. The van der Waals surface area contributed by atoms with Crippen LogP contribution in [0.4, 0.5) is 4.79 Å². The predicted octanol–water partition coefficient (Wildman–Crippen LogP) is 3.11. The number of guanidine groups is 1. The lowest BCUT2D eigenvalue weighted by Crippen LogP contribution is -2.53.